The summed E-state index contributed by atoms with van der Waals surface area (Å²) in [5.74, 6) is -1.17. The Bertz CT molecular complexity index is 884. The third-order valence-electron chi connectivity index (χ3n) is 4.78. The Balaban J connectivity index is 2.10. The third-order valence-corrected chi connectivity index (χ3v) is 7.99. The summed E-state index contributed by atoms with van der Waals surface area (Å²) >= 11 is 1.07. The molecule has 0 radical (unpaired) electrons. The molecule has 2 aliphatic rings. The number of nitrogens with zero attached hydrogens (tertiary/aromatic N) is 2. The molecule has 1 aromatic carbocycles. The summed E-state index contributed by atoms with van der Waals surface area (Å²) in [5, 5.41) is -0.304. The zero-order chi connectivity index (χ0) is 20.0. The van der Waals surface area contributed by atoms with Gasteiger partial charge in [-0.15, -0.1) is 0 Å². The van der Waals surface area contributed by atoms with E-state index in [-0.39, 0.29) is 28.3 Å². The molecule has 10 heteroatoms. The second-order valence-electron chi connectivity index (χ2n) is 6.73. The first-order valence-corrected chi connectivity index (χ1v) is 11.2. The highest BCUT2D eigenvalue weighted by Gasteiger charge is 2.51. The van der Waals surface area contributed by atoms with E-state index < -0.39 is 38.8 Å². The first-order chi connectivity index (χ1) is 12.5. The smallest absolute Gasteiger partial charge is 0.315 e. The predicted molar refractivity (Wildman–Crippen MR) is 99.6 cm³/mol. The lowest BCUT2D eigenvalue weighted by atomic mass is 10.1. The van der Waals surface area contributed by atoms with Gasteiger partial charge in [-0.25, -0.2) is 8.42 Å². The molecule has 0 unspecified atom stereocenters. The fourth-order valence-corrected chi connectivity index (χ4v) is 7.06. The van der Waals surface area contributed by atoms with Crippen molar-refractivity contribution in [2.45, 2.75) is 37.7 Å². The van der Waals surface area contributed by atoms with Crippen molar-refractivity contribution in [3.8, 4) is 0 Å². The number of alkyl halides is 3. The minimum atomic E-state index is -4.61. The minimum absolute atomic E-state index is 0.135. The maximum Gasteiger partial charge on any atom is 0.418 e. The molecule has 2 fully saturated rings. The van der Waals surface area contributed by atoms with Gasteiger partial charge in [-0.1, -0.05) is 37.7 Å². The fraction of sp³-hybridized carbons (Fsp3) is 0.529. The fourth-order valence-electron chi connectivity index (χ4n) is 3.15. The lowest BCUT2D eigenvalue weighted by Crippen LogP contribution is -2.39. The van der Waals surface area contributed by atoms with Crippen LogP contribution in [0, 0.1) is 5.92 Å². The molecule has 1 aromatic rings. The van der Waals surface area contributed by atoms with Crippen LogP contribution >= 0.6 is 11.8 Å². The molecule has 2 aliphatic heterocycles. The Labute approximate surface area is 159 Å². The van der Waals surface area contributed by atoms with Crippen molar-refractivity contribution in [2.24, 2.45) is 10.9 Å². The number of fused-ring (bicyclic) bond motifs is 1. The molecule has 0 aromatic heterocycles. The number of hydrogen-bond donors (Lipinski definition) is 0. The number of thioether (sulfide) groups is 1. The van der Waals surface area contributed by atoms with E-state index in [1.807, 2.05) is 6.92 Å². The van der Waals surface area contributed by atoms with Crippen LogP contribution in [0.1, 0.15) is 25.8 Å². The van der Waals surface area contributed by atoms with Gasteiger partial charge in [-0.2, -0.15) is 18.2 Å². The summed E-state index contributed by atoms with van der Waals surface area (Å²) in [6, 6.07) is 4.30. The summed E-state index contributed by atoms with van der Waals surface area (Å²) < 4.78 is 64.6. The van der Waals surface area contributed by atoms with E-state index >= 15 is 0 Å². The van der Waals surface area contributed by atoms with Gasteiger partial charge in [0.05, 0.1) is 28.8 Å². The van der Waals surface area contributed by atoms with E-state index in [0.717, 1.165) is 17.8 Å². The van der Waals surface area contributed by atoms with Crippen LogP contribution < -0.4 is 4.90 Å². The van der Waals surface area contributed by atoms with Crippen molar-refractivity contribution < 1.29 is 26.4 Å². The molecule has 2 heterocycles. The van der Waals surface area contributed by atoms with E-state index in [4.69, 9.17) is 0 Å². The van der Waals surface area contributed by atoms with Gasteiger partial charge < -0.3 is 4.90 Å². The monoisotopic (exact) mass is 420 g/mol. The van der Waals surface area contributed by atoms with Crippen LogP contribution in [0.3, 0.4) is 0 Å². The molecule has 3 atom stereocenters. The first-order valence-electron chi connectivity index (χ1n) is 8.48. The molecule has 148 valence electrons. The molecule has 5 nitrogen and oxygen atoms in total. The summed E-state index contributed by atoms with van der Waals surface area (Å²) in [7, 11) is -3.35. The average Bonchev–Trinajstić information content (AvgIpc) is 3.03. The molecular formula is C17H19F3N2O3S2. The van der Waals surface area contributed by atoms with Gasteiger partial charge >= 0.3 is 6.18 Å². The van der Waals surface area contributed by atoms with Crippen LogP contribution in [-0.2, 0) is 20.8 Å². The maximum absolute atomic E-state index is 13.5. The predicted octanol–water partition coefficient (Wildman–Crippen LogP) is 3.35. The molecule has 1 amide bonds. The Hall–Kier alpha value is -1.55. The number of hydrogen-bond acceptors (Lipinski definition) is 4. The van der Waals surface area contributed by atoms with Gasteiger partial charge in [0, 0.05) is 11.2 Å². The van der Waals surface area contributed by atoms with Crippen molar-refractivity contribution in [2.75, 3.05) is 16.4 Å². The number of carbonyl (C=O) groups is 1. The van der Waals surface area contributed by atoms with Crippen molar-refractivity contribution in [3.05, 3.63) is 29.8 Å². The highest BCUT2D eigenvalue weighted by atomic mass is 32.2. The molecule has 3 rings (SSSR count). The first kappa shape index (κ1) is 20.2. The van der Waals surface area contributed by atoms with Gasteiger partial charge in [0.25, 0.3) is 5.91 Å². The molecule has 0 bridgehead atoms. The number of halogens is 3. The zero-order valence-electron chi connectivity index (χ0n) is 14.7. The van der Waals surface area contributed by atoms with E-state index in [2.05, 4.69) is 4.99 Å². The van der Waals surface area contributed by atoms with E-state index in [0.29, 0.717) is 6.42 Å². The SMILES string of the molecule is CC[C@H](C)C(=O)N=C1S[C@@H]2CS(=O)(=O)C[C@H]2N1c1ccccc1C(F)(F)F. The number of carbonyl (C=O) groups excluding carboxylic acids is 1. The zero-order valence-corrected chi connectivity index (χ0v) is 16.4. The highest BCUT2D eigenvalue weighted by molar-refractivity contribution is 8.16. The number of rotatable bonds is 3. The molecule has 0 aliphatic carbocycles. The summed E-state index contributed by atoms with van der Waals surface area (Å²) in [5.41, 5.74) is -1.04. The summed E-state index contributed by atoms with van der Waals surface area (Å²) in [4.78, 5) is 17.6. The van der Waals surface area contributed by atoms with Crippen molar-refractivity contribution >= 4 is 38.4 Å². The molecule has 2 saturated heterocycles. The number of sulfone groups is 1. The van der Waals surface area contributed by atoms with Crippen LogP contribution in [0.15, 0.2) is 29.3 Å². The van der Waals surface area contributed by atoms with Crippen LogP contribution in [0.2, 0.25) is 0 Å². The number of aliphatic imine (C=N–C) groups is 1. The number of para-hydroxylation sites is 1. The summed E-state index contributed by atoms with van der Waals surface area (Å²) in [6.07, 6.45) is -4.05. The number of anilines is 1. The Kier molecular flexibility index (Phi) is 5.33. The largest absolute Gasteiger partial charge is 0.418 e. The van der Waals surface area contributed by atoms with Gasteiger partial charge in [0.1, 0.15) is 0 Å². The standard InChI is InChI=1S/C17H19F3N2O3S2/c1-3-10(2)15(23)21-16-22(13-8-27(24,25)9-14(13)26-16)12-7-5-4-6-11(12)17(18,19)20/h4-7,10,13-14H,3,8-9H2,1-2H3/t10-,13+,14+/m0/s1. The van der Waals surface area contributed by atoms with Gasteiger partial charge in [-0.3, -0.25) is 4.79 Å². The second kappa shape index (κ2) is 7.12. The van der Waals surface area contributed by atoms with Crippen LogP contribution in [-0.4, -0.2) is 42.3 Å². The van der Waals surface area contributed by atoms with E-state index in [1.54, 1.807) is 6.92 Å². The van der Waals surface area contributed by atoms with E-state index in [9.17, 15) is 26.4 Å². The quantitative estimate of drug-likeness (QED) is 0.750. The third kappa shape index (κ3) is 4.01. The summed E-state index contributed by atoms with van der Waals surface area (Å²) in [6.45, 7) is 3.52. The minimum Gasteiger partial charge on any atom is -0.315 e. The van der Waals surface area contributed by atoms with Crippen molar-refractivity contribution in [1.82, 2.24) is 0 Å². The normalized spacial score (nSPS) is 27.0. The van der Waals surface area contributed by atoms with Crippen LogP contribution in [0.5, 0.6) is 0 Å². The Morgan fingerprint density at radius 1 is 1.33 bits per heavy atom. The Morgan fingerprint density at radius 2 is 2.00 bits per heavy atom. The molecular weight excluding hydrogens is 401 g/mol. The van der Waals surface area contributed by atoms with Crippen molar-refractivity contribution in [1.29, 1.82) is 0 Å². The topological polar surface area (TPSA) is 66.8 Å². The molecule has 0 spiro atoms. The lowest BCUT2D eigenvalue weighted by Gasteiger charge is -2.27. The molecule has 27 heavy (non-hydrogen) atoms. The molecule has 0 saturated carbocycles. The Morgan fingerprint density at radius 3 is 2.63 bits per heavy atom. The van der Waals surface area contributed by atoms with Gasteiger partial charge in [-0.05, 0) is 18.6 Å². The number of amidine groups is 1. The lowest BCUT2D eigenvalue weighted by molar-refractivity contribution is -0.137. The number of benzene rings is 1. The van der Waals surface area contributed by atoms with E-state index in [1.165, 1.54) is 23.1 Å². The highest BCUT2D eigenvalue weighted by Crippen LogP contribution is 2.45. The van der Waals surface area contributed by atoms with Crippen LogP contribution in [0.25, 0.3) is 0 Å². The average molecular weight is 420 g/mol. The van der Waals surface area contributed by atoms with Crippen LogP contribution in [0.4, 0.5) is 18.9 Å². The van der Waals surface area contributed by atoms with Crippen molar-refractivity contribution in [3.63, 3.8) is 0 Å². The van der Waals surface area contributed by atoms with Gasteiger partial charge in [0.15, 0.2) is 15.0 Å². The number of amides is 1. The second-order valence-corrected chi connectivity index (χ2v) is 10.1. The van der Waals surface area contributed by atoms with Gasteiger partial charge in [0.2, 0.25) is 0 Å². The molecule has 0 N–H and O–H groups in total. The maximum atomic E-state index is 13.5.